The van der Waals surface area contributed by atoms with Crippen molar-refractivity contribution in [3.8, 4) is 5.75 Å². The summed E-state index contributed by atoms with van der Waals surface area (Å²) in [5, 5.41) is 8.80. The molecule has 1 N–H and O–H groups in total. The third-order valence-corrected chi connectivity index (χ3v) is 3.64. The number of aromatic nitrogens is 2. The Hall–Kier alpha value is -2.47. The Morgan fingerprint density at radius 2 is 1.92 bits per heavy atom. The van der Waals surface area contributed by atoms with E-state index < -0.39 is 5.97 Å². The molecule has 0 bridgehead atoms. The minimum Gasteiger partial charge on any atom is -0.492 e. The van der Waals surface area contributed by atoms with Gasteiger partial charge in [0, 0.05) is 13.1 Å². The monoisotopic (exact) mass is 329 g/mol. The van der Waals surface area contributed by atoms with Crippen molar-refractivity contribution in [2.45, 2.75) is 26.3 Å². The molecule has 1 aromatic heterocycles. The van der Waals surface area contributed by atoms with Gasteiger partial charge < -0.3 is 9.84 Å². The van der Waals surface area contributed by atoms with Gasteiger partial charge in [-0.2, -0.15) is 0 Å². The van der Waals surface area contributed by atoms with Gasteiger partial charge in [-0.15, -0.1) is 0 Å². The minimum absolute atomic E-state index is 0.0467. The highest BCUT2D eigenvalue weighted by molar-refractivity contribution is 5.84. The lowest BCUT2D eigenvalue weighted by atomic mass is 10.0. The molecule has 24 heavy (non-hydrogen) atoms. The molecule has 0 radical (unpaired) electrons. The number of likely N-dealkylation sites (N-methyl/N-ethyl adjacent to an activating group) is 1. The fraction of sp³-hybridized carbons (Fsp3) is 0.389. The summed E-state index contributed by atoms with van der Waals surface area (Å²) in [5.41, 5.74) is 1.97. The number of benzene rings is 1. The number of carboxylic acid groups (broad SMARTS) is 1. The second-order valence-electron chi connectivity index (χ2n) is 6.01. The molecule has 128 valence electrons. The molecule has 0 spiro atoms. The predicted molar refractivity (Wildman–Crippen MR) is 91.4 cm³/mol. The number of hydrogen-bond acceptors (Lipinski definition) is 5. The Morgan fingerprint density at radius 3 is 2.46 bits per heavy atom. The Balaban J connectivity index is 1.76. The van der Waals surface area contributed by atoms with E-state index in [4.69, 9.17) is 9.84 Å². The third-order valence-electron chi connectivity index (χ3n) is 3.64. The topological polar surface area (TPSA) is 75.5 Å². The van der Waals surface area contributed by atoms with Crippen LogP contribution in [0, 0.1) is 0 Å². The van der Waals surface area contributed by atoms with Crippen LogP contribution in [-0.4, -0.2) is 46.1 Å². The molecule has 0 aliphatic carbocycles. The van der Waals surface area contributed by atoms with Crippen molar-refractivity contribution in [3.05, 3.63) is 53.6 Å². The first-order valence-electron chi connectivity index (χ1n) is 7.91. The lowest BCUT2D eigenvalue weighted by Gasteiger charge is -2.16. The number of carboxylic acids is 1. The Labute approximate surface area is 142 Å². The van der Waals surface area contributed by atoms with Crippen molar-refractivity contribution >= 4 is 5.97 Å². The molecular formula is C18H23N3O3. The van der Waals surface area contributed by atoms with E-state index in [2.05, 4.69) is 35.9 Å². The van der Waals surface area contributed by atoms with Gasteiger partial charge in [0.1, 0.15) is 12.4 Å². The fourth-order valence-electron chi connectivity index (χ4n) is 2.17. The summed E-state index contributed by atoms with van der Waals surface area (Å²) in [6.07, 6.45) is 2.77. The van der Waals surface area contributed by atoms with Crippen LogP contribution in [0.15, 0.2) is 36.7 Å². The highest BCUT2D eigenvalue weighted by Gasteiger charge is 2.07. The Kier molecular flexibility index (Phi) is 6.26. The van der Waals surface area contributed by atoms with Crippen LogP contribution in [0.5, 0.6) is 5.75 Å². The molecule has 0 aliphatic heterocycles. The van der Waals surface area contributed by atoms with Crippen LogP contribution in [-0.2, 0) is 6.54 Å². The first-order valence-corrected chi connectivity index (χ1v) is 7.91. The largest absolute Gasteiger partial charge is 0.492 e. The third kappa shape index (κ3) is 5.31. The van der Waals surface area contributed by atoms with Crippen LogP contribution in [0.25, 0.3) is 0 Å². The first-order chi connectivity index (χ1) is 11.5. The van der Waals surface area contributed by atoms with Crippen LogP contribution < -0.4 is 4.74 Å². The van der Waals surface area contributed by atoms with E-state index >= 15 is 0 Å². The molecule has 0 amide bonds. The van der Waals surface area contributed by atoms with Gasteiger partial charge in [-0.05, 0) is 30.7 Å². The summed E-state index contributed by atoms with van der Waals surface area (Å²) in [6, 6.07) is 8.16. The summed E-state index contributed by atoms with van der Waals surface area (Å²) >= 11 is 0. The second-order valence-corrected chi connectivity index (χ2v) is 6.01. The molecule has 2 rings (SSSR count). The zero-order chi connectivity index (χ0) is 17.5. The lowest BCUT2D eigenvalue weighted by Crippen LogP contribution is -2.24. The lowest BCUT2D eigenvalue weighted by molar-refractivity contribution is 0.0690. The number of rotatable bonds is 8. The van der Waals surface area contributed by atoms with Crippen molar-refractivity contribution in [2.24, 2.45) is 0 Å². The van der Waals surface area contributed by atoms with Gasteiger partial charge in [0.05, 0.1) is 18.1 Å². The molecule has 0 saturated heterocycles. The van der Waals surface area contributed by atoms with Crippen LogP contribution in [0.3, 0.4) is 0 Å². The Morgan fingerprint density at radius 1 is 1.21 bits per heavy atom. The van der Waals surface area contributed by atoms with Crippen LogP contribution in [0.1, 0.15) is 41.5 Å². The van der Waals surface area contributed by atoms with Gasteiger partial charge in [-0.1, -0.05) is 26.0 Å². The van der Waals surface area contributed by atoms with Crippen LogP contribution in [0.4, 0.5) is 0 Å². The summed E-state index contributed by atoms with van der Waals surface area (Å²) in [7, 11) is 1.96. The van der Waals surface area contributed by atoms with Gasteiger partial charge in [0.2, 0.25) is 0 Å². The van der Waals surface area contributed by atoms with E-state index in [1.807, 2.05) is 24.1 Å². The zero-order valence-corrected chi connectivity index (χ0v) is 14.3. The van der Waals surface area contributed by atoms with Gasteiger partial charge in [-0.3, -0.25) is 9.88 Å². The van der Waals surface area contributed by atoms with E-state index in [0.717, 1.165) is 18.0 Å². The van der Waals surface area contributed by atoms with E-state index in [1.165, 1.54) is 18.0 Å². The maximum atomic E-state index is 10.7. The molecular weight excluding hydrogens is 306 g/mol. The van der Waals surface area contributed by atoms with Gasteiger partial charge >= 0.3 is 5.97 Å². The fourth-order valence-corrected chi connectivity index (χ4v) is 2.17. The zero-order valence-electron chi connectivity index (χ0n) is 14.3. The number of nitrogens with zero attached hydrogens (tertiary/aromatic N) is 3. The van der Waals surface area contributed by atoms with Crippen molar-refractivity contribution in [1.82, 2.24) is 14.9 Å². The number of ether oxygens (including phenoxy) is 1. The molecule has 0 unspecified atom stereocenters. The van der Waals surface area contributed by atoms with Gasteiger partial charge in [-0.25, -0.2) is 9.78 Å². The summed E-state index contributed by atoms with van der Waals surface area (Å²) in [5.74, 6) is 0.302. The average molecular weight is 329 g/mol. The molecule has 0 saturated carbocycles. The van der Waals surface area contributed by atoms with Crippen LogP contribution in [0.2, 0.25) is 0 Å². The standard InChI is InChI=1S/C18H23N3O3/c1-13(2)14-4-6-16(7-5-14)24-9-8-21(3)12-15-10-20-17(11-19-15)18(22)23/h4-7,10-11,13H,8-9,12H2,1-3H3,(H,22,23). The molecule has 6 heteroatoms. The smallest absolute Gasteiger partial charge is 0.356 e. The summed E-state index contributed by atoms with van der Waals surface area (Å²) in [4.78, 5) is 20.8. The molecule has 0 atom stereocenters. The highest BCUT2D eigenvalue weighted by atomic mass is 16.5. The summed E-state index contributed by atoms with van der Waals surface area (Å²) in [6.45, 7) is 6.21. The van der Waals surface area contributed by atoms with Crippen molar-refractivity contribution in [1.29, 1.82) is 0 Å². The molecule has 1 aromatic carbocycles. The second kappa shape index (κ2) is 8.40. The van der Waals surface area contributed by atoms with E-state index in [1.54, 1.807) is 0 Å². The SMILES string of the molecule is CC(C)c1ccc(OCCN(C)Cc2cnc(C(=O)O)cn2)cc1. The average Bonchev–Trinajstić information content (AvgIpc) is 2.55. The van der Waals surface area contributed by atoms with E-state index in [9.17, 15) is 4.79 Å². The molecule has 0 fully saturated rings. The molecule has 0 aliphatic rings. The molecule has 2 aromatic rings. The number of carbonyl (C=O) groups is 1. The van der Waals surface area contributed by atoms with Crippen molar-refractivity contribution in [3.63, 3.8) is 0 Å². The normalized spacial score (nSPS) is 11.0. The molecule has 1 heterocycles. The van der Waals surface area contributed by atoms with Crippen LogP contribution >= 0.6 is 0 Å². The quantitative estimate of drug-likeness (QED) is 0.802. The van der Waals surface area contributed by atoms with E-state index in [0.29, 0.717) is 19.1 Å². The number of aromatic carboxylic acids is 1. The summed E-state index contributed by atoms with van der Waals surface area (Å²) < 4.78 is 5.74. The molecule has 6 nitrogen and oxygen atoms in total. The Bertz CT molecular complexity index is 654. The van der Waals surface area contributed by atoms with Gasteiger partial charge in [0.25, 0.3) is 0 Å². The van der Waals surface area contributed by atoms with Gasteiger partial charge in [0.15, 0.2) is 5.69 Å². The minimum atomic E-state index is -1.07. The van der Waals surface area contributed by atoms with Crippen molar-refractivity contribution < 1.29 is 14.6 Å². The van der Waals surface area contributed by atoms with E-state index in [-0.39, 0.29) is 5.69 Å². The maximum Gasteiger partial charge on any atom is 0.356 e. The highest BCUT2D eigenvalue weighted by Crippen LogP contribution is 2.18. The van der Waals surface area contributed by atoms with Crippen molar-refractivity contribution in [2.75, 3.05) is 20.2 Å². The number of hydrogen-bond donors (Lipinski definition) is 1. The predicted octanol–water partition coefficient (Wildman–Crippen LogP) is 2.81. The maximum absolute atomic E-state index is 10.7. The first kappa shape index (κ1) is 17.9.